The predicted octanol–water partition coefficient (Wildman–Crippen LogP) is 5.45. The molecule has 1 aliphatic carbocycles. The van der Waals surface area contributed by atoms with Crippen molar-refractivity contribution < 1.29 is 14.3 Å². The van der Waals surface area contributed by atoms with Crippen molar-refractivity contribution in [2.24, 2.45) is 10.9 Å². The zero-order valence-corrected chi connectivity index (χ0v) is 17.9. The Bertz CT molecular complexity index is 700. The van der Waals surface area contributed by atoms with E-state index in [1.54, 1.807) is 0 Å². The lowest BCUT2D eigenvalue weighted by Gasteiger charge is -2.22. The molecule has 28 heavy (non-hydrogen) atoms. The van der Waals surface area contributed by atoms with Gasteiger partial charge in [-0.2, -0.15) is 4.99 Å². The van der Waals surface area contributed by atoms with Crippen molar-refractivity contribution in [3.05, 3.63) is 23.8 Å². The zero-order valence-electron chi connectivity index (χ0n) is 17.0. The lowest BCUT2D eigenvalue weighted by Crippen LogP contribution is -2.25. The van der Waals surface area contributed by atoms with Gasteiger partial charge in [0.1, 0.15) is 0 Å². The number of hydrogen-bond donors (Lipinski definition) is 2. The highest BCUT2D eigenvalue weighted by Crippen LogP contribution is 2.29. The first-order valence-electron chi connectivity index (χ1n) is 9.98. The molecule has 1 aromatic carbocycles. The van der Waals surface area contributed by atoms with Crippen LogP contribution in [-0.2, 0) is 16.0 Å². The van der Waals surface area contributed by atoms with Crippen molar-refractivity contribution in [3.8, 4) is 0 Å². The molecule has 0 unspecified atom stereocenters. The molecule has 0 heterocycles. The van der Waals surface area contributed by atoms with Crippen LogP contribution in [0.15, 0.2) is 23.2 Å². The van der Waals surface area contributed by atoms with Crippen molar-refractivity contribution in [3.63, 3.8) is 0 Å². The number of aliphatic imine (C=N–C) groups is 1. The summed E-state index contributed by atoms with van der Waals surface area (Å²) in [6.07, 6.45) is 9.67. The van der Waals surface area contributed by atoms with Crippen LogP contribution in [0.25, 0.3) is 0 Å². The fourth-order valence-corrected chi connectivity index (χ4v) is 3.69. The van der Waals surface area contributed by atoms with Gasteiger partial charge in [0.15, 0.2) is 5.17 Å². The van der Waals surface area contributed by atoms with Crippen molar-refractivity contribution in [1.82, 2.24) is 0 Å². The molecule has 6 nitrogen and oxygen atoms in total. The summed E-state index contributed by atoms with van der Waals surface area (Å²) < 4.78 is 4.62. The van der Waals surface area contributed by atoms with Gasteiger partial charge in [0, 0.05) is 5.92 Å². The predicted molar refractivity (Wildman–Crippen MR) is 117 cm³/mol. The second-order valence-corrected chi connectivity index (χ2v) is 7.82. The Morgan fingerprint density at radius 3 is 2.57 bits per heavy atom. The molecule has 0 bridgehead atoms. The minimum absolute atomic E-state index is 0.0691. The van der Waals surface area contributed by atoms with Gasteiger partial charge in [-0.1, -0.05) is 50.4 Å². The number of amidine groups is 1. The number of anilines is 2. The average molecular weight is 406 g/mol. The Hall–Kier alpha value is -2.02. The summed E-state index contributed by atoms with van der Waals surface area (Å²) in [4.78, 5) is 28.1. The largest absolute Gasteiger partial charge is 0.451 e. The van der Waals surface area contributed by atoms with E-state index >= 15 is 0 Å². The minimum Gasteiger partial charge on any atom is -0.451 e. The molecule has 0 radical (unpaired) electrons. The molecule has 2 N–H and O–H groups in total. The average Bonchev–Trinajstić information content (AvgIpc) is 2.73. The monoisotopic (exact) mass is 405 g/mol. The Morgan fingerprint density at radius 2 is 1.93 bits per heavy atom. The van der Waals surface area contributed by atoms with Crippen molar-refractivity contribution in [1.29, 1.82) is 0 Å². The van der Waals surface area contributed by atoms with E-state index in [4.69, 9.17) is 0 Å². The number of nitrogens with one attached hydrogen (secondary N) is 2. The molecule has 0 saturated heterocycles. The summed E-state index contributed by atoms with van der Waals surface area (Å²) in [5.74, 6) is 0.143. The molecule has 1 aromatic rings. The van der Waals surface area contributed by atoms with E-state index in [0.717, 1.165) is 50.6 Å². The third-order valence-electron chi connectivity index (χ3n) is 4.94. The molecule has 154 valence electrons. The lowest BCUT2D eigenvalue weighted by atomic mass is 9.88. The summed E-state index contributed by atoms with van der Waals surface area (Å²) in [6.45, 7) is 2.16. The normalized spacial score (nSPS) is 15.2. The van der Waals surface area contributed by atoms with Crippen LogP contribution in [-0.4, -0.2) is 30.5 Å². The number of aryl methyl sites for hydroxylation is 1. The van der Waals surface area contributed by atoms with Gasteiger partial charge in [-0.25, -0.2) is 4.79 Å². The molecule has 1 fully saturated rings. The number of unbranched alkanes of at least 4 members (excludes halogenated alkanes) is 1. The Balaban J connectivity index is 2.23. The SMILES string of the molecule is CCCCc1ccc(NC(=O)C2CCCCC2)c(NC(=NC(=O)OC)SC)c1. The number of thioether (sulfide) groups is 1. The topological polar surface area (TPSA) is 79.8 Å². The van der Waals surface area contributed by atoms with Gasteiger partial charge in [-0.15, -0.1) is 0 Å². The van der Waals surface area contributed by atoms with Crippen LogP contribution < -0.4 is 10.6 Å². The first kappa shape index (κ1) is 22.3. The molecule has 7 heteroatoms. The van der Waals surface area contributed by atoms with Gasteiger partial charge in [0.25, 0.3) is 0 Å². The number of amides is 2. The summed E-state index contributed by atoms with van der Waals surface area (Å²) in [7, 11) is 1.30. The number of nitrogens with zero attached hydrogens (tertiary/aromatic N) is 1. The van der Waals surface area contributed by atoms with Crippen LogP contribution >= 0.6 is 11.8 Å². The molecule has 0 spiro atoms. The number of carbonyl (C=O) groups excluding carboxylic acids is 2. The maximum absolute atomic E-state index is 12.7. The van der Waals surface area contributed by atoms with Crippen LogP contribution in [0.4, 0.5) is 16.2 Å². The molecule has 0 aliphatic heterocycles. The van der Waals surface area contributed by atoms with E-state index in [0.29, 0.717) is 10.9 Å². The summed E-state index contributed by atoms with van der Waals surface area (Å²) in [6, 6.07) is 6.01. The van der Waals surface area contributed by atoms with Crippen molar-refractivity contribution in [2.45, 2.75) is 58.3 Å². The van der Waals surface area contributed by atoms with Crippen molar-refractivity contribution in [2.75, 3.05) is 24.0 Å². The number of hydrogen-bond acceptors (Lipinski definition) is 4. The smallest absolute Gasteiger partial charge is 0.435 e. The van der Waals surface area contributed by atoms with Crippen molar-refractivity contribution >= 4 is 40.3 Å². The molecule has 0 aromatic heterocycles. The highest BCUT2D eigenvalue weighted by Gasteiger charge is 2.22. The van der Waals surface area contributed by atoms with E-state index in [9.17, 15) is 9.59 Å². The quantitative estimate of drug-likeness (QED) is 0.486. The Labute approximate surface area is 171 Å². The van der Waals surface area contributed by atoms with Crippen LogP contribution in [0.1, 0.15) is 57.4 Å². The van der Waals surface area contributed by atoms with Crippen LogP contribution in [0.2, 0.25) is 0 Å². The molecular weight excluding hydrogens is 374 g/mol. The van der Waals surface area contributed by atoms with E-state index in [1.165, 1.54) is 30.9 Å². The fraction of sp³-hybridized carbons (Fsp3) is 0.571. The van der Waals surface area contributed by atoms with Gasteiger partial charge in [0.05, 0.1) is 18.5 Å². The molecule has 2 amide bonds. The third kappa shape index (κ3) is 6.86. The van der Waals surface area contributed by atoms with Crippen LogP contribution in [0.3, 0.4) is 0 Å². The standard InChI is InChI=1S/C21H31N3O3S/c1-4-5-9-15-12-13-17(22-19(25)16-10-7-6-8-11-16)18(14-15)23-20(28-3)24-21(26)27-2/h12-14,16H,4-11H2,1-3H3,(H,22,25)(H,23,24,26). The van der Waals surface area contributed by atoms with Gasteiger partial charge < -0.3 is 15.4 Å². The molecule has 1 aliphatic rings. The van der Waals surface area contributed by atoms with E-state index in [1.807, 2.05) is 24.5 Å². The third-order valence-corrected chi connectivity index (χ3v) is 5.52. The van der Waals surface area contributed by atoms with Gasteiger partial charge in [0.2, 0.25) is 5.91 Å². The second kappa shape index (κ2) is 11.7. The van der Waals surface area contributed by atoms with E-state index in [2.05, 4.69) is 27.3 Å². The number of carbonyl (C=O) groups is 2. The first-order chi connectivity index (χ1) is 13.6. The van der Waals surface area contributed by atoms with Gasteiger partial charge in [-0.05, 0) is 49.6 Å². The second-order valence-electron chi connectivity index (χ2n) is 7.02. The highest BCUT2D eigenvalue weighted by atomic mass is 32.2. The molecule has 0 atom stereocenters. The lowest BCUT2D eigenvalue weighted by molar-refractivity contribution is -0.120. The fourth-order valence-electron chi connectivity index (χ4n) is 3.31. The number of ether oxygens (including phenoxy) is 1. The number of rotatable bonds is 6. The number of methoxy groups -OCH3 is 1. The molecule has 2 rings (SSSR count). The summed E-state index contributed by atoms with van der Waals surface area (Å²) in [5, 5.41) is 6.69. The summed E-state index contributed by atoms with van der Waals surface area (Å²) in [5.41, 5.74) is 2.63. The maximum atomic E-state index is 12.7. The maximum Gasteiger partial charge on any atom is 0.435 e. The van der Waals surface area contributed by atoms with Crippen LogP contribution in [0.5, 0.6) is 0 Å². The molecule has 1 saturated carbocycles. The first-order valence-corrected chi connectivity index (χ1v) is 11.2. The highest BCUT2D eigenvalue weighted by molar-refractivity contribution is 8.13. The van der Waals surface area contributed by atoms with E-state index < -0.39 is 6.09 Å². The Kier molecular flexibility index (Phi) is 9.34. The van der Waals surface area contributed by atoms with Gasteiger partial charge >= 0.3 is 6.09 Å². The van der Waals surface area contributed by atoms with Gasteiger partial charge in [-0.3, -0.25) is 4.79 Å². The summed E-state index contributed by atoms with van der Waals surface area (Å²) >= 11 is 1.31. The van der Waals surface area contributed by atoms with E-state index in [-0.39, 0.29) is 11.8 Å². The Morgan fingerprint density at radius 1 is 1.18 bits per heavy atom. The minimum atomic E-state index is -0.660. The molecular formula is C21H31N3O3S. The zero-order chi connectivity index (χ0) is 20.4. The van der Waals surface area contributed by atoms with Crippen LogP contribution in [0, 0.1) is 5.92 Å². The number of benzene rings is 1.